The van der Waals surface area contributed by atoms with Gasteiger partial charge in [-0.3, -0.25) is 9.59 Å². The number of halogens is 1. The van der Waals surface area contributed by atoms with E-state index in [0.717, 1.165) is 5.56 Å². The van der Waals surface area contributed by atoms with Gasteiger partial charge in [0.25, 0.3) is 5.91 Å². The van der Waals surface area contributed by atoms with E-state index in [1.807, 2.05) is 19.1 Å². The largest absolute Gasteiger partial charge is 0.349 e. The molecule has 1 aliphatic rings. The molecule has 1 aliphatic heterocycles. The third-order valence-corrected chi connectivity index (χ3v) is 4.69. The van der Waals surface area contributed by atoms with Crippen molar-refractivity contribution >= 4 is 11.8 Å². The van der Waals surface area contributed by atoms with Crippen LogP contribution in [0.15, 0.2) is 54.6 Å². The summed E-state index contributed by atoms with van der Waals surface area (Å²) in [7, 11) is 0. The Morgan fingerprint density at radius 3 is 2.74 bits per heavy atom. The summed E-state index contributed by atoms with van der Waals surface area (Å²) in [5.41, 5.74) is 1.34. The van der Waals surface area contributed by atoms with Crippen LogP contribution in [0.5, 0.6) is 0 Å². The quantitative estimate of drug-likeness (QED) is 0.851. The fourth-order valence-electron chi connectivity index (χ4n) is 3.34. The molecule has 2 aromatic carbocycles. The molecule has 0 saturated carbocycles. The van der Waals surface area contributed by atoms with Crippen LogP contribution in [-0.2, 0) is 4.79 Å². The second-order valence-corrected chi connectivity index (χ2v) is 6.81. The Kier molecular flexibility index (Phi) is 6.19. The number of piperazine rings is 1. The van der Waals surface area contributed by atoms with Crippen LogP contribution in [-0.4, -0.2) is 42.4 Å². The van der Waals surface area contributed by atoms with E-state index in [2.05, 4.69) is 10.6 Å². The van der Waals surface area contributed by atoms with Crippen LogP contribution in [0.2, 0.25) is 0 Å². The van der Waals surface area contributed by atoms with Gasteiger partial charge in [-0.25, -0.2) is 4.39 Å². The Morgan fingerprint density at radius 1 is 1.22 bits per heavy atom. The number of benzene rings is 2. The molecule has 0 radical (unpaired) electrons. The summed E-state index contributed by atoms with van der Waals surface area (Å²) >= 11 is 0. The predicted molar refractivity (Wildman–Crippen MR) is 102 cm³/mol. The van der Waals surface area contributed by atoms with Crippen LogP contribution in [0.1, 0.15) is 35.3 Å². The van der Waals surface area contributed by atoms with Gasteiger partial charge < -0.3 is 15.5 Å². The summed E-state index contributed by atoms with van der Waals surface area (Å²) < 4.78 is 13.6. The van der Waals surface area contributed by atoms with Crippen LogP contribution in [0, 0.1) is 5.82 Å². The molecule has 6 heteroatoms. The topological polar surface area (TPSA) is 61.4 Å². The molecule has 2 amide bonds. The van der Waals surface area contributed by atoms with Crippen molar-refractivity contribution in [3.8, 4) is 0 Å². The van der Waals surface area contributed by atoms with Gasteiger partial charge in [0.05, 0.1) is 6.04 Å². The molecular weight excluding hydrogens is 345 g/mol. The van der Waals surface area contributed by atoms with Crippen LogP contribution in [0.25, 0.3) is 0 Å². The number of rotatable bonds is 5. The van der Waals surface area contributed by atoms with E-state index in [1.54, 1.807) is 35.2 Å². The number of hydrogen-bond acceptors (Lipinski definition) is 3. The molecule has 3 rings (SSSR count). The molecule has 27 heavy (non-hydrogen) atoms. The lowest BCUT2D eigenvalue weighted by atomic mass is 10.0. The molecule has 2 atom stereocenters. The van der Waals surface area contributed by atoms with Gasteiger partial charge in [-0.2, -0.15) is 0 Å². The first-order chi connectivity index (χ1) is 13.0. The molecule has 1 heterocycles. The molecule has 0 aromatic heterocycles. The van der Waals surface area contributed by atoms with Gasteiger partial charge in [0, 0.05) is 37.7 Å². The highest BCUT2D eigenvalue weighted by atomic mass is 19.1. The second-order valence-electron chi connectivity index (χ2n) is 6.81. The first-order valence-electron chi connectivity index (χ1n) is 9.16. The lowest BCUT2D eigenvalue weighted by molar-refractivity contribution is -0.135. The Balaban J connectivity index is 1.63. The van der Waals surface area contributed by atoms with E-state index in [-0.39, 0.29) is 36.1 Å². The third-order valence-electron chi connectivity index (χ3n) is 4.69. The molecule has 0 spiro atoms. The first kappa shape index (κ1) is 19.0. The van der Waals surface area contributed by atoms with Crippen LogP contribution in [0.4, 0.5) is 4.39 Å². The zero-order valence-corrected chi connectivity index (χ0v) is 15.3. The van der Waals surface area contributed by atoms with Crippen LogP contribution >= 0.6 is 0 Å². The lowest BCUT2D eigenvalue weighted by Crippen LogP contribution is -2.50. The molecule has 2 N–H and O–H groups in total. The summed E-state index contributed by atoms with van der Waals surface area (Å²) in [6, 6.07) is 14.8. The number of amides is 2. The van der Waals surface area contributed by atoms with Crippen molar-refractivity contribution in [2.45, 2.75) is 25.4 Å². The number of nitrogens with zero attached hydrogens (tertiary/aromatic N) is 1. The highest BCUT2D eigenvalue weighted by molar-refractivity contribution is 5.94. The molecule has 2 aromatic rings. The van der Waals surface area contributed by atoms with Crippen molar-refractivity contribution in [3.05, 3.63) is 71.5 Å². The van der Waals surface area contributed by atoms with Gasteiger partial charge in [-0.05, 0) is 36.8 Å². The summed E-state index contributed by atoms with van der Waals surface area (Å²) in [6.07, 6.45) is 0.199. The summed E-state index contributed by atoms with van der Waals surface area (Å²) in [6.45, 7) is 3.65. The van der Waals surface area contributed by atoms with E-state index >= 15 is 0 Å². The van der Waals surface area contributed by atoms with Crippen molar-refractivity contribution < 1.29 is 14.0 Å². The van der Waals surface area contributed by atoms with Gasteiger partial charge in [0.15, 0.2) is 0 Å². The number of carbonyl (C=O) groups excluding carboxylic acids is 2. The van der Waals surface area contributed by atoms with E-state index in [0.29, 0.717) is 25.2 Å². The molecule has 0 bridgehead atoms. The normalized spacial score (nSPS) is 18.0. The lowest BCUT2D eigenvalue weighted by Gasteiger charge is -2.37. The van der Waals surface area contributed by atoms with E-state index in [9.17, 15) is 14.0 Å². The van der Waals surface area contributed by atoms with Crippen molar-refractivity contribution in [1.29, 1.82) is 0 Å². The van der Waals surface area contributed by atoms with E-state index in [1.165, 1.54) is 12.1 Å². The van der Waals surface area contributed by atoms with Crippen molar-refractivity contribution in [3.63, 3.8) is 0 Å². The smallest absolute Gasteiger partial charge is 0.251 e. The van der Waals surface area contributed by atoms with Crippen molar-refractivity contribution in [1.82, 2.24) is 15.5 Å². The van der Waals surface area contributed by atoms with Gasteiger partial charge >= 0.3 is 0 Å². The highest BCUT2D eigenvalue weighted by Crippen LogP contribution is 2.24. The highest BCUT2D eigenvalue weighted by Gasteiger charge is 2.29. The molecule has 5 nitrogen and oxygen atoms in total. The van der Waals surface area contributed by atoms with Crippen LogP contribution in [0.3, 0.4) is 0 Å². The SMILES string of the molecule is CC(CC(=O)N1CCNCC1c1cccc(F)c1)NC(=O)c1ccccc1. The van der Waals surface area contributed by atoms with Gasteiger partial charge in [-0.1, -0.05) is 30.3 Å². The average Bonchev–Trinajstić information content (AvgIpc) is 2.68. The molecular formula is C21H24FN3O2. The van der Waals surface area contributed by atoms with Crippen molar-refractivity contribution in [2.75, 3.05) is 19.6 Å². The maximum atomic E-state index is 13.6. The summed E-state index contributed by atoms with van der Waals surface area (Å²) in [4.78, 5) is 26.9. The Labute approximate surface area is 158 Å². The Morgan fingerprint density at radius 2 is 2.00 bits per heavy atom. The minimum atomic E-state index is -0.311. The van der Waals surface area contributed by atoms with Gasteiger partial charge in [0.1, 0.15) is 5.82 Å². The zero-order valence-electron chi connectivity index (χ0n) is 15.3. The molecule has 0 aliphatic carbocycles. The number of carbonyl (C=O) groups is 2. The third kappa shape index (κ3) is 4.92. The summed E-state index contributed by atoms with van der Waals surface area (Å²) in [5.74, 6) is -0.557. The molecule has 142 valence electrons. The Hall–Kier alpha value is -2.73. The molecule has 1 saturated heterocycles. The fraction of sp³-hybridized carbons (Fsp3) is 0.333. The summed E-state index contributed by atoms with van der Waals surface area (Å²) in [5, 5.41) is 6.13. The van der Waals surface area contributed by atoms with E-state index in [4.69, 9.17) is 0 Å². The fourth-order valence-corrected chi connectivity index (χ4v) is 3.34. The van der Waals surface area contributed by atoms with E-state index < -0.39 is 0 Å². The minimum Gasteiger partial charge on any atom is -0.349 e. The zero-order chi connectivity index (χ0) is 19.2. The monoisotopic (exact) mass is 369 g/mol. The second kappa shape index (κ2) is 8.77. The molecule has 1 fully saturated rings. The standard InChI is InChI=1S/C21H24FN3O2/c1-15(24-21(27)16-6-3-2-4-7-16)12-20(26)25-11-10-23-14-19(25)17-8-5-9-18(22)13-17/h2-9,13,15,19,23H,10-12,14H2,1H3,(H,24,27). The predicted octanol–water partition coefficient (Wildman–Crippen LogP) is 2.51. The maximum absolute atomic E-state index is 13.6. The van der Waals surface area contributed by atoms with Gasteiger partial charge in [0.2, 0.25) is 5.91 Å². The van der Waals surface area contributed by atoms with Crippen molar-refractivity contribution in [2.24, 2.45) is 0 Å². The van der Waals surface area contributed by atoms with Gasteiger partial charge in [-0.15, -0.1) is 0 Å². The number of hydrogen-bond donors (Lipinski definition) is 2. The minimum absolute atomic E-state index is 0.0494. The van der Waals surface area contributed by atoms with Crippen LogP contribution < -0.4 is 10.6 Å². The maximum Gasteiger partial charge on any atom is 0.251 e. The Bertz CT molecular complexity index is 797. The average molecular weight is 369 g/mol. The molecule has 2 unspecified atom stereocenters. The first-order valence-corrected chi connectivity index (χ1v) is 9.16. The number of nitrogens with one attached hydrogen (secondary N) is 2.